The number of pyridine rings is 1. The van der Waals surface area contributed by atoms with E-state index in [0.717, 1.165) is 0 Å². The number of nitrogens with zero attached hydrogens (tertiary/aromatic N) is 1. The fourth-order valence-corrected chi connectivity index (χ4v) is 1.25. The molecule has 1 aromatic heterocycles. The molecule has 1 heterocycles. The van der Waals surface area contributed by atoms with E-state index in [9.17, 15) is 0 Å². The van der Waals surface area contributed by atoms with Crippen molar-refractivity contribution in [1.29, 1.82) is 0 Å². The zero-order chi connectivity index (χ0) is 8.43. The predicted octanol–water partition coefficient (Wildman–Crippen LogP) is 2.44. The van der Waals surface area contributed by atoms with Crippen LogP contribution in [0.4, 0.5) is 0 Å². The van der Waals surface area contributed by atoms with Gasteiger partial charge in [0.05, 0.1) is 11.1 Å². The fraction of sp³-hybridized carbons (Fsp3) is 0.286. The molecule has 0 fully saturated rings. The van der Waals surface area contributed by atoms with Crippen LogP contribution in [0.2, 0.25) is 10.2 Å². The first kappa shape index (κ1) is 8.78. The molecule has 0 radical (unpaired) electrons. The Hall–Kier alpha value is -0.310. The standard InChI is InChI=1S/C7H7Cl2NO/c1-4(11)5-3-10-7(9)2-6(5)8/h2-4,11H,1H3. The van der Waals surface area contributed by atoms with Crippen LogP contribution in [0, 0.1) is 0 Å². The van der Waals surface area contributed by atoms with Crippen molar-refractivity contribution in [1.82, 2.24) is 4.98 Å². The van der Waals surface area contributed by atoms with Gasteiger partial charge in [-0.05, 0) is 13.0 Å². The molecule has 1 rings (SSSR count). The van der Waals surface area contributed by atoms with E-state index in [1.165, 1.54) is 12.3 Å². The lowest BCUT2D eigenvalue weighted by Gasteiger charge is -2.05. The second-order valence-corrected chi connectivity index (χ2v) is 3.00. The maximum absolute atomic E-state index is 9.13. The van der Waals surface area contributed by atoms with Crippen molar-refractivity contribution >= 4 is 23.2 Å². The van der Waals surface area contributed by atoms with Crippen LogP contribution < -0.4 is 0 Å². The first-order chi connectivity index (χ1) is 5.11. The van der Waals surface area contributed by atoms with Gasteiger partial charge < -0.3 is 5.11 Å². The molecule has 0 aliphatic heterocycles. The van der Waals surface area contributed by atoms with Crippen molar-refractivity contribution in [3.8, 4) is 0 Å². The highest BCUT2D eigenvalue weighted by molar-refractivity contribution is 6.34. The van der Waals surface area contributed by atoms with Gasteiger partial charge in [-0.2, -0.15) is 0 Å². The van der Waals surface area contributed by atoms with E-state index in [1.807, 2.05) is 0 Å². The van der Waals surface area contributed by atoms with Crippen LogP contribution in [-0.2, 0) is 0 Å². The third-order valence-corrected chi connectivity index (χ3v) is 1.83. The smallest absolute Gasteiger partial charge is 0.130 e. The Morgan fingerprint density at radius 3 is 2.64 bits per heavy atom. The summed E-state index contributed by atoms with van der Waals surface area (Å²) >= 11 is 11.3. The maximum Gasteiger partial charge on any atom is 0.130 e. The summed E-state index contributed by atoms with van der Waals surface area (Å²) in [4.78, 5) is 3.78. The third kappa shape index (κ3) is 2.06. The van der Waals surface area contributed by atoms with Gasteiger partial charge in [-0.15, -0.1) is 0 Å². The van der Waals surface area contributed by atoms with Crippen molar-refractivity contribution in [3.63, 3.8) is 0 Å². The van der Waals surface area contributed by atoms with Gasteiger partial charge in [0.15, 0.2) is 0 Å². The van der Waals surface area contributed by atoms with Crippen LogP contribution in [0.15, 0.2) is 12.3 Å². The van der Waals surface area contributed by atoms with Gasteiger partial charge in [-0.1, -0.05) is 23.2 Å². The Bertz CT molecular complexity index is 263. The lowest BCUT2D eigenvalue weighted by molar-refractivity contribution is 0.199. The minimum Gasteiger partial charge on any atom is -0.389 e. The average molecular weight is 192 g/mol. The lowest BCUT2D eigenvalue weighted by Crippen LogP contribution is -1.93. The van der Waals surface area contributed by atoms with Gasteiger partial charge in [-0.3, -0.25) is 0 Å². The predicted molar refractivity (Wildman–Crippen MR) is 44.9 cm³/mol. The van der Waals surface area contributed by atoms with Gasteiger partial charge >= 0.3 is 0 Å². The molecule has 0 bridgehead atoms. The second kappa shape index (κ2) is 3.39. The highest BCUT2D eigenvalue weighted by atomic mass is 35.5. The Kier molecular flexibility index (Phi) is 2.71. The number of aromatic nitrogens is 1. The van der Waals surface area contributed by atoms with Crippen molar-refractivity contribution in [2.45, 2.75) is 13.0 Å². The molecule has 1 aromatic rings. The molecular weight excluding hydrogens is 185 g/mol. The van der Waals surface area contributed by atoms with E-state index in [0.29, 0.717) is 15.7 Å². The number of rotatable bonds is 1. The molecule has 11 heavy (non-hydrogen) atoms. The highest BCUT2D eigenvalue weighted by Gasteiger charge is 2.06. The molecule has 60 valence electrons. The molecule has 0 spiro atoms. The van der Waals surface area contributed by atoms with E-state index < -0.39 is 6.10 Å². The van der Waals surface area contributed by atoms with Crippen LogP contribution in [-0.4, -0.2) is 10.1 Å². The third-order valence-electron chi connectivity index (χ3n) is 1.30. The summed E-state index contributed by atoms with van der Waals surface area (Å²) in [7, 11) is 0. The molecule has 1 N–H and O–H groups in total. The molecule has 1 atom stereocenters. The molecule has 0 aliphatic rings. The van der Waals surface area contributed by atoms with Gasteiger partial charge in [-0.25, -0.2) is 4.98 Å². The van der Waals surface area contributed by atoms with Crippen LogP contribution in [0.1, 0.15) is 18.6 Å². The summed E-state index contributed by atoms with van der Waals surface area (Å²) in [5.41, 5.74) is 0.594. The highest BCUT2D eigenvalue weighted by Crippen LogP contribution is 2.23. The summed E-state index contributed by atoms with van der Waals surface area (Å²) in [5.74, 6) is 0. The first-order valence-electron chi connectivity index (χ1n) is 3.10. The van der Waals surface area contributed by atoms with Gasteiger partial charge in [0.2, 0.25) is 0 Å². The molecule has 0 aromatic carbocycles. The van der Waals surface area contributed by atoms with Crippen molar-refractivity contribution in [2.24, 2.45) is 0 Å². The molecule has 4 heteroatoms. The number of hydrogen-bond acceptors (Lipinski definition) is 2. The van der Waals surface area contributed by atoms with Crippen LogP contribution >= 0.6 is 23.2 Å². The molecule has 1 unspecified atom stereocenters. The fourth-order valence-electron chi connectivity index (χ4n) is 0.725. The number of aliphatic hydroxyl groups is 1. The van der Waals surface area contributed by atoms with E-state index >= 15 is 0 Å². The van der Waals surface area contributed by atoms with Crippen molar-refractivity contribution < 1.29 is 5.11 Å². The van der Waals surface area contributed by atoms with E-state index in [1.54, 1.807) is 6.92 Å². The molecular formula is C7H7Cl2NO. The lowest BCUT2D eigenvalue weighted by atomic mass is 10.2. The van der Waals surface area contributed by atoms with Gasteiger partial charge in [0.1, 0.15) is 5.15 Å². The summed E-state index contributed by atoms with van der Waals surface area (Å²) < 4.78 is 0. The topological polar surface area (TPSA) is 33.1 Å². The Morgan fingerprint density at radius 2 is 2.18 bits per heavy atom. The molecule has 2 nitrogen and oxygen atoms in total. The van der Waals surface area contributed by atoms with Crippen LogP contribution in [0.5, 0.6) is 0 Å². The minimum absolute atomic E-state index is 0.333. The maximum atomic E-state index is 9.13. The zero-order valence-electron chi connectivity index (χ0n) is 5.88. The zero-order valence-corrected chi connectivity index (χ0v) is 7.39. The monoisotopic (exact) mass is 191 g/mol. The van der Waals surface area contributed by atoms with Gasteiger partial charge in [0, 0.05) is 11.8 Å². The Labute approximate surface area is 74.8 Å². The SMILES string of the molecule is CC(O)c1cnc(Cl)cc1Cl. The molecule has 0 saturated carbocycles. The molecule has 0 aliphatic carbocycles. The quantitative estimate of drug-likeness (QED) is 0.693. The molecule has 0 saturated heterocycles. The number of aliphatic hydroxyl groups excluding tert-OH is 1. The normalized spacial score (nSPS) is 13.1. The van der Waals surface area contributed by atoms with E-state index in [2.05, 4.69) is 4.98 Å². The first-order valence-corrected chi connectivity index (χ1v) is 3.86. The summed E-state index contributed by atoms with van der Waals surface area (Å²) in [6.07, 6.45) is 0.863. The largest absolute Gasteiger partial charge is 0.389 e. The average Bonchev–Trinajstić information content (AvgIpc) is 1.85. The van der Waals surface area contributed by atoms with Crippen LogP contribution in [0.25, 0.3) is 0 Å². The Balaban J connectivity index is 3.09. The number of hydrogen-bond donors (Lipinski definition) is 1. The second-order valence-electron chi connectivity index (χ2n) is 2.20. The van der Waals surface area contributed by atoms with Crippen LogP contribution in [0.3, 0.4) is 0 Å². The van der Waals surface area contributed by atoms with Crippen molar-refractivity contribution in [2.75, 3.05) is 0 Å². The minimum atomic E-state index is -0.604. The van der Waals surface area contributed by atoms with E-state index in [-0.39, 0.29) is 0 Å². The van der Waals surface area contributed by atoms with E-state index in [4.69, 9.17) is 28.3 Å². The summed E-state index contributed by atoms with van der Waals surface area (Å²) in [6, 6.07) is 1.51. The number of halogens is 2. The van der Waals surface area contributed by atoms with Gasteiger partial charge in [0.25, 0.3) is 0 Å². The summed E-state index contributed by atoms with van der Waals surface area (Å²) in [6.45, 7) is 1.62. The summed E-state index contributed by atoms with van der Waals surface area (Å²) in [5, 5.41) is 9.91. The molecule has 0 amide bonds. The Morgan fingerprint density at radius 1 is 1.55 bits per heavy atom. The van der Waals surface area contributed by atoms with Crippen molar-refractivity contribution in [3.05, 3.63) is 28.0 Å².